The molecule has 0 bridgehead atoms. The fraction of sp³-hybridized carbons (Fsp3) is 0.500. The van der Waals surface area contributed by atoms with Crippen molar-refractivity contribution in [1.82, 2.24) is 19.7 Å². The maximum atomic E-state index is 9.11. The van der Waals surface area contributed by atoms with Gasteiger partial charge in [-0.2, -0.15) is 16.9 Å². The maximum Gasteiger partial charge on any atom is 0.174 e. The van der Waals surface area contributed by atoms with Crippen molar-refractivity contribution in [3.05, 3.63) is 29.8 Å². The molecule has 2 N–H and O–H groups in total. The van der Waals surface area contributed by atoms with Crippen LogP contribution in [0.15, 0.2) is 18.5 Å². The Hall–Kier alpha value is -1.60. The summed E-state index contributed by atoms with van der Waals surface area (Å²) in [6.07, 6.45) is 6.12. The van der Waals surface area contributed by atoms with Crippen molar-refractivity contribution in [2.45, 2.75) is 26.3 Å². The van der Waals surface area contributed by atoms with Crippen molar-refractivity contribution in [2.24, 2.45) is 0 Å². The summed E-state index contributed by atoms with van der Waals surface area (Å²) in [5, 5.41) is 16.9. The van der Waals surface area contributed by atoms with Crippen molar-refractivity contribution in [1.29, 1.82) is 0 Å². The SMILES string of the molecule is CSC[C@H](CCO)Nc1cncc(-n2nc(C)cc2C)n1. The smallest absolute Gasteiger partial charge is 0.174 e. The summed E-state index contributed by atoms with van der Waals surface area (Å²) in [6, 6.07) is 2.18. The summed E-state index contributed by atoms with van der Waals surface area (Å²) < 4.78 is 1.78. The van der Waals surface area contributed by atoms with E-state index in [-0.39, 0.29) is 12.6 Å². The molecule has 7 heteroatoms. The van der Waals surface area contributed by atoms with Gasteiger partial charge in [0.05, 0.1) is 18.1 Å². The van der Waals surface area contributed by atoms with Crippen molar-refractivity contribution in [3.63, 3.8) is 0 Å². The molecule has 0 spiro atoms. The van der Waals surface area contributed by atoms with Gasteiger partial charge in [0.25, 0.3) is 0 Å². The van der Waals surface area contributed by atoms with E-state index in [0.717, 1.165) is 17.1 Å². The van der Waals surface area contributed by atoms with E-state index in [0.29, 0.717) is 18.1 Å². The van der Waals surface area contributed by atoms with E-state index in [2.05, 4.69) is 20.4 Å². The van der Waals surface area contributed by atoms with Crippen molar-refractivity contribution < 1.29 is 5.11 Å². The average molecular weight is 307 g/mol. The summed E-state index contributed by atoms with van der Waals surface area (Å²) in [7, 11) is 0. The first-order valence-electron chi connectivity index (χ1n) is 6.86. The van der Waals surface area contributed by atoms with Crippen LogP contribution in [0.25, 0.3) is 5.82 Å². The second kappa shape index (κ2) is 7.42. The highest BCUT2D eigenvalue weighted by atomic mass is 32.2. The molecule has 2 heterocycles. The van der Waals surface area contributed by atoms with Gasteiger partial charge in [0, 0.05) is 24.1 Å². The van der Waals surface area contributed by atoms with Crippen LogP contribution in [0.5, 0.6) is 0 Å². The zero-order valence-corrected chi connectivity index (χ0v) is 13.4. The molecule has 2 rings (SSSR count). The molecule has 2 aromatic heterocycles. The molecule has 21 heavy (non-hydrogen) atoms. The van der Waals surface area contributed by atoms with Crippen LogP contribution in [0.4, 0.5) is 5.82 Å². The third-order valence-electron chi connectivity index (χ3n) is 3.05. The van der Waals surface area contributed by atoms with Crippen LogP contribution in [0.1, 0.15) is 17.8 Å². The Morgan fingerprint density at radius 1 is 1.38 bits per heavy atom. The molecule has 6 nitrogen and oxygen atoms in total. The molecule has 0 aromatic carbocycles. The van der Waals surface area contributed by atoms with Crippen LogP contribution in [0, 0.1) is 13.8 Å². The standard InChI is InChI=1S/C14H21N5OS/c1-10-6-11(2)19(18-10)14-8-15-7-13(17-14)16-12(4-5-20)9-21-3/h6-8,12,20H,4-5,9H2,1-3H3,(H,16,17)/t12-/m0/s1. The van der Waals surface area contributed by atoms with Gasteiger partial charge in [-0.15, -0.1) is 0 Å². The minimum Gasteiger partial charge on any atom is -0.396 e. The fourth-order valence-electron chi connectivity index (χ4n) is 2.15. The third-order valence-corrected chi connectivity index (χ3v) is 3.78. The van der Waals surface area contributed by atoms with Crippen LogP contribution in [0.3, 0.4) is 0 Å². The lowest BCUT2D eigenvalue weighted by molar-refractivity contribution is 0.282. The van der Waals surface area contributed by atoms with Gasteiger partial charge in [-0.25, -0.2) is 9.67 Å². The number of hydrogen-bond acceptors (Lipinski definition) is 6. The molecule has 0 saturated heterocycles. The fourth-order valence-corrected chi connectivity index (χ4v) is 2.80. The van der Waals surface area contributed by atoms with Crippen LogP contribution in [0.2, 0.25) is 0 Å². The number of rotatable bonds is 7. The van der Waals surface area contributed by atoms with Crippen LogP contribution in [-0.4, -0.2) is 49.5 Å². The Morgan fingerprint density at radius 3 is 2.81 bits per heavy atom. The monoisotopic (exact) mass is 307 g/mol. The molecule has 0 aliphatic rings. The van der Waals surface area contributed by atoms with E-state index in [1.165, 1.54) is 0 Å². The molecular formula is C14H21N5OS. The van der Waals surface area contributed by atoms with Gasteiger partial charge in [0.1, 0.15) is 5.82 Å². The lowest BCUT2D eigenvalue weighted by atomic mass is 10.2. The van der Waals surface area contributed by atoms with Crippen LogP contribution in [-0.2, 0) is 0 Å². The van der Waals surface area contributed by atoms with E-state index >= 15 is 0 Å². The van der Waals surface area contributed by atoms with Gasteiger partial charge >= 0.3 is 0 Å². The van der Waals surface area contributed by atoms with E-state index in [1.807, 2.05) is 26.2 Å². The predicted molar refractivity (Wildman–Crippen MR) is 86.1 cm³/mol. The summed E-state index contributed by atoms with van der Waals surface area (Å²) in [4.78, 5) is 8.79. The molecule has 0 saturated carbocycles. The molecule has 0 unspecified atom stereocenters. The van der Waals surface area contributed by atoms with Gasteiger partial charge < -0.3 is 10.4 Å². The molecule has 0 fully saturated rings. The molecule has 114 valence electrons. The van der Waals surface area contributed by atoms with Gasteiger partial charge in [-0.05, 0) is 32.6 Å². The first kappa shape index (κ1) is 15.8. The molecule has 0 amide bonds. The zero-order chi connectivity index (χ0) is 15.2. The van der Waals surface area contributed by atoms with Gasteiger partial charge in [0.15, 0.2) is 5.82 Å². The summed E-state index contributed by atoms with van der Waals surface area (Å²) in [5.41, 5.74) is 1.98. The number of anilines is 1. The maximum absolute atomic E-state index is 9.11. The number of aliphatic hydroxyl groups excluding tert-OH is 1. The second-order valence-corrected chi connectivity index (χ2v) is 5.82. The minimum atomic E-state index is 0.156. The minimum absolute atomic E-state index is 0.156. The number of aromatic nitrogens is 4. The van der Waals surface area contributed by atoms with Gasteiger partial charge in [0.2, 0.25) is 0 Å². The lowest BCUT2D eigenvalue weighted by Gasteiger charge is -2.17. The van der Waals surface area contributed by atoms with E-state index in [4.69, 9.17) is 5.11 Å². The van der Waals surface area contributed by atoms with Gasteiger partial charge in [-0.3, -0.25) is 4.98 Å². The molecular weight excluding hydrogens is 286 g/mol. The molecule has 0 aliphatic carbocycles. The second-order valence-electron chi connectivity index (χ2n) is 4.91. The van der Waals surface area contributed by atoms with Crippen LogP contribution >= 0.6 is 11.8 Å². The summed E-state index contributed by atoms with van der Waals surface area (Å²) >= 11 is 1.74. The first-order chi connectivity index (χ1) is 10.1. The number of hydrogen-bond donors (Lipinski definition) is 2. The quantitative estimate of drug-likeness (QED) is 0.812. The van der Waals surface area contributed by atoms with Crippen LogP contribution < -0.4 is 5.32 Å². The topological polar surface area (TPSA) is 75.9 Å². The van der Waals surface area contributed by atoms with E-state index in [9.17, 15) is 0 Å². The summed E-state index contributed by atoms with van der Waals surface area (Å²) in [5.74, 6) is 2.30. The Kier molecular flexibility index (Phi) is 5.58. The molecule has 0 aliphatic heterocycles. The Morgan fingerprint density at radius 2 is 2.19 bits per heavy atom. The lowest BCUT2D eigenvalue weighted by Crippen LogP contribution is -2.24. The molecule has 0 radical (unpaired) electrons. The number of nitrogens with one attached hydrogen (secondary N) is 1. The largest absolute Gasteiger partial charge is 0.396 e. The number of aliphatic hydroxyl groups is 1. The zero-order valence-electron chi connectivity index (χ0n) is 12.6. The molecule has 1 atom stereocenters. The van der Waals surface area contributed by atoms with Crippen molar-refractivity contribution >= 4 is 17.6 Å². The highest BCUT2D eigenvalue weighted by Gasteiger charge is 2.10. The normalized spacial score (nSPS) is 12.4. The van der Waals surface area contributed by atoms with Gasteiger partial charge in [-0.1, -0.05) is 0 Å². The Balaban J connectivity index is 2.19. The third kappa shape index (κ3) is 4.18. The predicted octanol–water partition coefficient (Wildman–Crippen LogP) is 1.81. The number of nitrogens with zero attached hydrogens (tertiary/aromatic N) is 4. The molecule has 2 aromatic rings. The number of aryl methyl sites for hydroxylation is 2. The van der Waals surface area contributed by atoms with E-state index in [1.54, 1.807) is 28.8 Å². The van der Waals surface area contributed by atoms with Crippen molar-refractivity contribution in [2.75, 3.05) is 23.9 Å². The van der Waals surface area contributed by atoms with Crippen molar-refractivity contribution in [3.8, 4) is 5.82 Å². The van der Waals surface area contributed by atoms with E-state index < -0.39 is 0 Å². The highest BCUT2D eigenvalue weighted by Crippen LogP contribution is 2.13. The average Bonchev–Trinajstić information content (AvgIpc) is 2.79. The Labute approximate surface area is 129 Å². The summed E-state index contributed by atoms with van der Waals surface area (Å²) in [6.45, 7) is 4.10. The number of thioether (sulfide) groups is 1. The highest BCUT2D eigenvalue weighted by molar-refractivity contribution is 7.98. The first-order valence-corrected chi connectivity index (χ1v) is 8.25. The Bertz CT molecular complexity index is 580.